The van der Waals surface area contributed by atoms with Crippen LogP contribution >= 0.6 is 0 Å². The van der Waals surface area contributed by atoms with Crippen molar-refractivity contribution in [3.05, 3.63) is 54.6 Å². The number of anilines is 1. The SMILES string of the molecule is COC(=O)CC[C@H](C(=O)O)C(=O)Nc1ccc(-c2ccccc2)cc1. The van der Waals surface area contributed by atoms with E-state index in [0.29, 0.717) is 5.69 Å². The lowest BCUT2D eigenvalue weighted by Gasteiger charge is -2.12. The average molecular weight is 341 g/mol. The highest BCUT2D eigenvalue weighted by Crippen LogP contribution is 2.21. The summed E-state index contributed by atoms with van der Waals surface area (Å²) in [6.07, 6.45) is -0.246. The van der Waals surface area contributed by atoms with Gasteiger partial charge >= 0.3 is 11.9 Å². The number of ether oxygens (including phenoxy) is 1. The van der Waals surface area contributed by atoms with Gasteiger partial charge < -0.3 is 15.2 Å². The normalized spacial score (nSPS) is 11.4. The summed E-state index contributed by atoms with van der Waals surface area (Å²) in [5.41, 5.74) is 2.52. The largest absolute Gasteiger partial charge is 0.481 e. The molecule has 0 aliphatic carbocycles. The van der Waals surface area contributed by atoms with Gasteiger partial charge in [-0.15, -0.1) is 0 Å². The first-order valence-electron chi connectivity index (χ1n) is 7.77. The van der Waals surface area contributed by atoms with Crippen LogP contribution in [0.25, 0.3) is 11.1 Å². The van der Waals surface area contributed by atoms with Crippen molar-refractivity contribution in [3.8, 4) is 11.1 Å². The maximum absolute atomic E-state index is 12.2. The van der Waals surface area contributed by atoms with E-state index in [-0.39, 0.29) is 12.8 Å². The maximum Gasteiger partial charge on any atom is 0.316 e. The van der Waals surface area contributed by atoms with E-state index in [2.05, 4.69) is 10.1 Å². The third kappa shape index (κ3) is 5.17. The molecule has 0 aromatic heterocycles. The van der Waals surface area contributed by atoms with E-state index in [0.717, 1.165) is 11.1 Å². The topological polar surface area (TPSA) is 92.7 Å². The van der Waals surface area contributed by atoms with Crippen molar-refractivity contribution < 1.29 is 24.2 Å². The van der Waals surface area contributed by atoms with Crippen molar-refractivity contribution in [1.29, 1.82) is 0 Å². The lowest BCUT2D eigenvalue weighted by Crippen LogP contribution is -2.30. The van der Waals surface area contributed by atoms with Gasteiger partial charge in [-0.3, -0.25) is 14.4 Å². The number of aliphatic carboxylic acids is 1. The first-order chi connectivity index (χ1) is 12.0. The highest BCUT2D eigenvalue weighted by molar-refractivity contribution is 6.04. The molecule has 0 aliphatic rings. The number of methoxy groups -OCH3 is 1. The van der Waals surface area contributed by atoms with Crippen LogP contribution in [0.15, 0.2) is 54.6 Å². The zero-order valence-corrected chi connectivity index (χ0v) is 13.8. The van der Waals surface area contributed by atoms with Crippen LogP contribution in [-0.4, -0.2) is 30.1 Å². The number of carbonyl (C=O) groups excluding carboxylic acids is 2. The van der Waals surface area contributed by atoms with Gasteiger partial charge in [0, 0.05) is 12.1 Å². The number of carboxylic acid groups (broad SMARTS) is 1. The molecule has 0 aliphatic heterocycles. The molecule has 2 rings (SSSR count). The standard InChI is InChI=1S/C19H19NO5/c1-25-17(21)12-11-16(19(23)24)18(22)20-15-9-7-14(8-10-15)13-5-3-2-4-6-13/h2-10,16H,11-12H2,1H3,(H,20,22)(H,23,24)/t16-/m0/s1. The number of esters is 1. The molecule has 0 radical (unpaired) electrons. The Hall–Kier alpha value is -3.15. The summed E-state index contributed by atoms with van der Waals surface area (Å²) in [4.78, 5) is 34.6. The monoisotopic (exact) mass is 341 g/mol. The van der Waals surface area contributed by atoms with Crippen LogP contribution in [0.2, 0.25) is 0 Å². The second-order valence-corrected chi connectivity index (χ2v) is 5.44. The van der Waals surface area contributed by atoms with Gasteiger partial charge in [0.1, 0.15) is 5.92 Å². The Morgan fingerprint density at radius 1 is 1.00 bits per heavy atom. The zero-order valence-electron chi connectivity index (χ0n) is 13.8. The van der Waals surface area contributed by atoms with Crippen LogP contribution in [0, 0.1) is 5.92 Å². The third-order valence-corrected chi connectivity index (χ3v) is 3.74. The van der Waals surface area contributed by atoms with E-state index in [1.165, 1.54) is 7.11 Å². The minimum Gasteiger partial charge on any atom is -0.481 e. The quantitative estimate of drug-likeness (QED) is 0.597. The van der Waals surface area contributed by atoms with Gasteiger partial charge in [-0.25, -0.2) is 0 Å². The molecule has 25 heavy (non-hydrogen) atoms. The molecule has 0 heterocycles. The molecule has 0 bridgehead atoms. The third-order valence-electron chi connectivity index (χ3n) is 3.74. The summed E-state index contributed by atoms with van der Waals surface area (Å²) >= 11 is 0. The van der Waals surface area contributed by atoms with Crippen LogP contribution in [0.1, 0.15) is 12.8 Å². The molecule has 2 aromatic carbocycles. The molecule has 0 saturated carbocycles. The fourth-order valence-corrected chi connectivity index (χ4v) is 2.34. The van der Waals surface area contributed by atoms with Gasteiger partial charge in [0.2, 0.25) is 5.91 Å². The van der Waals surface area contributed by atoms with Crippen LogP contribution in [0.4, 0.5) is 5.69 Å². The Morgan fingerprint density at radius 2 is 1.60 bits per heavy atom. The number of carbonyl (C=O) groups is 3. The predicted octanol–water partition coefficient (Wildman–Crippen LogP) is 2.95. The lowest BCUT2D eigenvalue weighted by atomic mass is 10.0. The number of benzene rings is 2. The smallest absolute Gasteiger partial charge is 0.316 e. The molecular weight excluding hydrogens is 322 g/mol. The van der Waals surface area contributed by atoms with Gasteiger partial charge in [0.25, 0.3) is 0 Å². The van der Waals surface area contributed by atoms with Crippen molar-refractivity contribution in [2.45, 2.75) is 12.8 Å². The van der Waals surface area contributed by atoms with Gasteiger partial charge in [-0.2, -0.15) is 0 Å². The fraction of sp³-hybridized carbons (Fsp3) is 0.211. The first kappa shape index (κ1) is 18.2. The second kappa shape index (κ2) is 8.63. The van der Waals surface area contributed by atoms with Crippen molar-refractivity contribution in [2.24, 2.45) is 5.92 Å². The van der Waals surface area contributed by atoms with Crippen molar-refractivity contribution in [3.63, 3.8) is 0 Å². The lowest BCUT2D eigenvalue weighted by molar-refractivity contribution is -0.146. The van der Waals surface area contributed by atoms with Crippen LogP contribution < -0.4 is 5.32 Å². The fourth-order valence-electron chi connectivity index (χ4n) is 2.34. The second-order valence-electron chi connectivity index (χ2n) is 5.44. The molecule has 2 aromatic rings. The molecule has 2 N–H and O–H groups in total. The Morgan fingerprint density at radius 3 is 2.16 bits per heavy atom. The number of hydrogen-bond donors (Lipinski definition) is 2. The van der Waals surface area contributed by atoms with E-state index in [1.807, 2.05) is 42.5 Å². The molecule has 0 saturated heterocycles. The highest BCUT2D eigenvalue weighted by atomic mass is 16.5. The summed E-state index contributed by atoms with van der Waals surface area (Å²) < 4.78 is 4.47. The average Bonchev–Trinajstić information content (AvgIpc) is 2.62. The maximum atomic E-state index is 12.2. The Balaban J connectivity index is 2.03. The molecule has 0 fully saturated rings. The molecule has 0 spiro atoms. The van der Waals surface area contributed by atoms with Crippen LogP contribution in [-0.2, 0) is 19.1 Å². The van der Waals surface area contributed by atoms with Crippen LogP contribution in [0.5, 0.6) is 0 Å². The molecule has 0 unspecified atom stereocenters. The van der Waals surface area contributed by atoms with Crippen LogP contribution in [0.3, 0.4) is 0 Å². The zero-order chi connectivity index (χ0) is 18.2. The Labute approximate surface area is 145 Å². The summed E-state index contributed by atoms with van der Waals surface area (Å²) in [5, 5.41) is 11.8. The summed E-state index contributed by atoms with van der Waals surface area (Å²) in [5.74, 6) is -3.80. The van der Waals surface area contributed by atoms with Gasteiger partial charge in [-0.1, -0.05) is 42.5 Å². The van der Waals surface area contributed by atoms with Crippen molar-refractivity contribution in [2.75, 3.05) is 12.4 Å². The van der Waals surface area contributed by atoms with E-state index >= 15 is 0 Å². The predicted molar refractivity (Wildman–Crippen MR) is 92.9 cm³/mol. The van der Waals surface area contributed by atoms with Crippen molar-refractivity contribution in [1.82, 2.24) is 0 Å². The number of carboxylic acids is 1. The summed E-state index contributed by atoms with van der Waals surface area (Å²) in [6.45, 7) is 0. The highest BCUT2D eigenvalue weighted by Gasteiger charge is 2.27. The van der Waals surface area contributed by atoms with Gasteiger partial charge in [-0.05, 0) is 29.7 Å². The Bertz CT molecular complexity index is 740. The van der Waals surface area contributed by atoms with Crippen molar-refractivity contribution >= 4 is 23.5 Å². The number of amides is 1. The molecule has 1 atom stereocenters. The molecule has 1 amide bonds. The minimum atomic E-state index is -1.31. The molecular formula is C19H19NO5. The summed E-state index contributed by atoms with van der Waals surface area (Å²) in [6, 6.07) is 16.8. The van der Waals surface area contributed by atoms with E-state index in [1.54, 1.807) is 12.1 Å². The molecule has 130 valence electrons. The van der Waals surface area contributed by atoms with E-state index in [9.17, 15) is 19.5 Å². The molecule has 6 heteroatoms. The molecule has 6 nitrogen and oxygen atoms in total. The number of hydrogen-bond acceptors (Lipinski definition) is 4. The van der Waals surface area contributed by atoms with Gasteiger partial charge in [0.15, 0.2) is 0 Å². The van der Waals surface area contributed by atoms with Gasteiger partial charge in [0.05, 0.1) is 7.11 Å². The number of nitrogens with one attached hydrogen (secondary N) is 1. The van der Waals surface area contributed by atoms with E-state index in [4.69, 9.17) is 0 Å². The number of rotatable bonds is 7. The summed E-state index contributed by atoms with van der Waals surface area (Å²) in [7, 11) is 1.21. The van der Waals surface area contributed by atoms with E-state index < -0.39 is 23.8 Å². The minimum absolute atomic E-state index is 0.115. The Kier molecular flexibility index (Phi) is 6.28. The first-order valence-corrected chi connectivity index (χ1v) is 7.77.